The lowest BCUT2D eigenvalue weighted by Gasteiger charge is -2.12. The van der Waals surface area contributed by atoms with Gasteiger partial charge in [0.2, 0.25) is 0 Å². The van der Waals surface area contributed by atoms with Crippen LogP contribution in [0.3, 0.4) is 0 Å². The van der Waals surface area contributed by atoms with Crippen molar-refractivity contribution in [1.29, 1.82) is 0 Å². The summed E-state index contributed by atoms with van der Waals surface area (Å²) in [5, 5.41) is 7.93. The lowest BCUT2D eigenvalue weighted by Crippen LogP contribution is -2.37. The van der Waals surface area contributed by atoms with Crippen molar-refractivity contribution in [3.8, 4) is 0 Å². The zero-order valence-electron chi connectivity index (χ0n) is 13.8. The van der Waals surface area contributed by atoms with E-state index >= 15 is 0 Å². The van der Waals surface area contributed by atoms with Crippen molar-refractivity contribution in [3.63, 3.8) is 0 Å². The van der Waals surface area contributed by atoms with Gasteiger partial charge in [0.1, 0.15) is 18.0 Å². The molecule has 0 aliphatic rings. The number of hydrogen-bond acceptors (Lipinski definition) is 5. The lowest BCUT2D eigenvalue weighted by atomic mass is 10.3. The first-order valence-corrected chi connectivity index (χ1v) is 7.32. The Morgan fingerprint density at radius 1 is 1.09 bits per heavy atom. The van der Waals surface area contributed by atoms with E-state index in [-0.39, 0.29) is 17.3 Å². The van der Waals surface area contributed by atoms with E-state index in [2.05, 4.69) is 15.2 Å². The van der Waals surface area contributed by atoms with Gasteiger partial charge in [0, 0.05) is 27.2 Å². The van der Waals surface area contributed by atoms with Gasteiger partial charge in [-0.1, -0.05) is 0 Å². The van der Waals surface area contributed by atoms with Gasteiger partial charge in [-0.25, -0.2) is 9.78 Å². The summed E-state index contributed by atoms with van der Waals surface area (Å²) in [6.07, 6.45) is 2.05. The first-order valence-electron chi connectivity index (χ1n) is 7.32. The summed E-state index contributed by atoms with van der Waals surface area (Å²) < 4.78 is 6.18. The molecular weight excluding hydrogens is 298 g/mol. The molecule has 0 N–H and O–H groups in total. The molecule has 3 aromatic heterocycles. The van der Waals surface area contributed by atoms with Crippen molar-refractivity contribution in [2.24, 2.45) is 21.1 Å². The summed E-state index contributed by atoms with van der Waals surface area (Å²) >= 11 is 0. The van der Waals surface area contributed by atoms with Crippen LogP contribution < -0.4 is 11.2 Å². The van der Waals surface area contributed by atoms with E-state index in [9.17, 15) is 9.59 Å². The lowest BCUT2D eigenvalue weighted by molar-refractivity contribution is 0.581. The average molecular weight is 317 g/mol. The SMILES string of the molecule is CC(C)n1c(Cc2nncn2C)nc2c1c(=O)n(C)c(=O)n2C. The second-order valence-electron chi connectivity index (χ2n) is 5.90. The van der Waals surface area contributed by atoms with Crippen LogP contribution in [0.5, 0.6) is 0 Å². The number of aromatic nitrogens is 7. The Kier molecular flexibility index (Phi) is 3.42. The van der Waals surface area contributed by atoms with Crippen LogP contribution in [0.2, 0.25) is 0 Å². The van der Waals surface area contributed by atoms with Gasteiger partial charge in [-0.05, 0) is 13.8 Å². The van der Waals surface area contributed by atoms with Crippen molar-refractivity contribution >= 4 is 11.2 Å². The smallest absolute Gasteiger partial charge is 0.320 e. The van der Waals surface area contributed by atoms with Gasteiger partial charge in [0.25, 0.3) is 5.56 Å². The van der Waals surface area contributed by atoms with Gasteiger partial charge in [0.05, 0.1) is 6.42 Å². The number of aryl methyl sites for hydroxylation is 2. The summed E-state index contributed by atoms with van der Waals surface area (Å²) in [6.45, 7) is 3.96. The van der Waals surface area contributed by atoms with Crippen LogP contribution in [0.25, 0.3) is 11.2 Å². The second kappa shape index (κ2) is 5.18. The monoisotopic (exact) mass is 317 g/mol. The van der Waals surface area contributed by atoms with Crippen LogP contribution in [-0.4, -0.2) is 33.4 Å². The van der Waals surface area contributed by atoms with E-state index in [1.54, 1.807) is 17.9 Å². The van der Waals surface area contributed by atoms with Crippen molar-refractivity contribution in [2.45, 2.75) is 26.3 Å². The molecule has 3 rings (SSSR count). The second-order valence-corrected chi connectivity index (χ2v) is 5.90. The van der Waals surface area contributed by atoms with E-state index in [4.69, 9.17) is 0 Å². The topological polar surface area (TPSA) is 92.5 Å². The Labute approximate surface area is 131 Å². The highest BCUT2D eigenvalue weighted by Gasteiger charge is 2.21. The molecule has 122 valence electrons. The molecule has 0 radical (unpaired) electrons. The quantitative estimate of drug-likeness (QED) is 0.663. The van der Waals surface area contributed by atoms with E-state index < -0.39 is 0 Å². The largest absolute Gasteiger partial charge is 0.332 e. The fourth-order valence-electron chi connectivity index (χ4n) is 2.75. The van der Waals surface area contributed by atoms with Gasteiger partial charge < -0.3 is 9.13 Å². The maximum absolute atomic E-state index is 12.6. The Hall–Kier alpha value is -2.71. The van der Waals surface area contributed by atoms with Crippen LogP contribution in [0.1, 0.15) is 31.5 Å². The Balaban J connectivity index is 2.35. The van der Waals surface area contributed by atoms with Crippen molar-refractivity contribution in [1.82, 2.24) is 33.4 Å². The Morgan fingerprint density at radius 3 is 2.35 bits per heavy atom. The minimum atomic E-state index is -0.388. The first-order chi connectivity index (χ1) is 10.8. The molecule has 0 aromatic carbocycles. The van der Waals surface area contributed by atoms with E-state index in [1.165, 1.54) is 11.6 Å². The maximum Gasteiger partial charge on any atom is 0.332 e. The van der Waals surface area contributed by atoms with Gasteiger partial charge >= 0.3 is 5.69 Å². The normalized spacial score (nSPS) is 11.7. The minimum Gasteiger partial charge on any atom is -0.320 e. The predicted molar refractivity (Wildman–Crippen MR) is 84.4 cm³/mol. The van der Waals surface area contributed by atoms with Gasteiger partial charge in [-0.2, -0.15) is 0 Å². The highest BCUT2D eigenvalue weighted by molar-refractivity contribution is 5.71. The Morgan fingerprint density at radius 2 is 1.78 bits per heavy atom. The molecule has 9 heteroatoms. The summed E-state index contributed by atoms with van der Waals surface area (Å²) in [5.74, 6) is 1.42. The third kappa shape index (κ3) is 2.19. The highest BCUT2D eigenvalue weighted by atomic mass is 16.2. The van der Waals surface area contributed by atoms with Crippen LogP contribution >= 0.6 is 0 Å². The molecule has 0 aliphatic carbocycles. The number of imidazole rings is 1. The molecule has 23 heavy (non-hydrogen) atoms. The van der Waals surface area contributed by atoms with E-state index in [0.29, 0.717) is 23.4 Å². The van der Waals surface area contributed by atoms with Crippen molar-refractivity contribution < 1.29 is 0 Å². The molecular formula is C14H19N7O2. The molecule has 0 unspecified atom stereocenters. The van der Waals surface area contributed by atoms with Crippen LogP contribution in [0.4, 0.5) is 0 Å². The van der Waals surface area contributed by atoms with Crippen molar-refractivity contribution in [3.05, 3.63) is 38.8 Å². The van der Waals surface area contributed by atoms with Crippen molar-refractivity contribution in [2.75, 3.05) is 0 Å². The van der Waals surface area contributed by atoms with E-state index in [0.717, 1.165) is 10.4 Å². The first kappa shape index (κ1) is 15.2. The molecule has 0 spiro atoms. The fourth-order valence-corrected chi connectivity index (χ4v) is 2.75. The summed E-state index contributed by atoms with van der Waals surface area (Å²) in [5.41, 5.74) is 0.0976. The molecule has 3 aromatic rings. The molecule has 0 amide bonds. The van der Waals surface area contributed by atoms with Gasteiger partial charge in [-0.3, -0.25) is 13.9 Å². The molecule has 0 aliphatic heterocycles. The van der Waals surface area contributed by atoms with Crippen LogP contribution in [0.15, 0.2) is 15.9 Å². The van der Waals surface area contributed by atoms with Gasteiger partial charge in [0.15, 0.2) is 11.2 Å². The zero-order chi connectivity index (χ0) is 16.9. The number of rotatable bonds is 3. The molecule has 0 saturated heterocycles. The third-order valence-electron chi connectivity index (χ3n) is 4.00. The zero-order valence-corrected chi connectivity index (χ0v) is 13.8. The number of hydrogen-bond donors (Lipinski definition) is 0. The van der Waals surface area contributed by atoms with Crippen LogP contribution in [-0.2, 0) is 27.6 Å². The number of fused-ring (bicyclic) bond motifs is 1. The molecule has 0 fully saturated rings. The van der Waals surface area contributed by atoms with Crippen LogP contribution in [0, 0.1) is 0 Å². The molecule has 0 saturated carbocycles. The number of nitrogens with zero attached hydrogens (tertiary/aromatic N) is 7. The molecule has 0 atom stereocenters. The van der Waals surface area contributed by atoms with Gasteiger partial charge in [-0.15, -0.1) is 10.2 Å². The summed E-state index contributed by atoms with van der Waals surface area (Å²) in [4.78, 5) is 29.2. The molecule has 3 heterocycles. The standard InChI is InChI=1S/C14H19N7O2/c1-8(2)21-9(6-10-17-15-7-18(10)3)16-12-11(21)13(22)20(5)14(23)19(12)4/h7-8H,6H2,1-5H3. The molecule has 0 bridgehead atoms. The summed E-state index contributed by atoms with van der Waals surface area (Å²) in [6, 6.07) is 0.0217. The van der Waals surface area contributed by atoms with E-state index in [1.807, 2.05) is 25.5 Å². The fraction of sp³-hybridized carbons (Fsp3) is 0.500. The average Bonchev–Trinajstić information content (AvgIpc) is 3.07. The maximum atomic E-state index is 12.6. The minimum absolute atomic E-state index is 0.0217. The molecule has 9 nitrogen and oxygen atoms in total. The Bertz CT molecular complexity index is 1000. The highest BCUT2D eigenvalue weighted by Crippen LogP contribution is 2.19. The third-order valence-corrected chi connectivity index (χ3v) is 4.00. The predicted octanol–water partition coefficient (Wildman–Crippen LogP) is -0.266. The summed E-state index contributed by atoms with van der Waals surface area (Å²) in [7, 11) is 4.95.